The largest absolute Gasteiger partial charge is 0.0609 e. The Labute approximate surface area is 130 Å². The highest BCUT2D eigenvalue weighted by atomic mass is 79.9. The van der Waals surface area contributed by atoms with Gasteiger partial charge in [-0.1, -0.05) is 56.1 Å². The minimum absolute atomic E-state index is 0.241. The van der Waals surface area contributed by atoms with Crippen LogP contribution in [0.15, 0.2) is 45.3 Å². The number of hydrogen-bond donors (Lipinski definition) is 0. The summed E-state index contributed by atoms with van der Waals surface area (Å²) in [5.41, 5.74) is 6.38. The molecular weight excluding hydrogens is 364 g/mol. The fourth-order valence-corrected chi connectivity index (χ4v) is 5.65. The van der Waals surface area contributed by atoms with Crippen molar-refractivity contribution in [1.29, 1.82) is 0 Å². The number of hydrogen-bond acceptors (Lipinski definition) is 0. The van der Waals surface area contributed by atoms with Crippen molar-refractivity contribution in [2.45, 2.75) is 31.1 Å². The molecule has 2 aliphatic carbocycles. The molecule has 0 amide bonds. The summed E-state index contributed by atoms with van der Waals surface area (Å²) in [6.07, 6.45) is 4.91. The number of aryl methyl sites for hydroxylation is 2. The lowest BCUT2D eigenvalue weighted by Crippen LogP contribution is -2.22. The van der Waals surface area contributed by atoms with Gasteiger partial charge < -0.3 is 0 Å². The number of rotatable bonds is 0. The zero-order chi connectivity index (χ0) is 13.0. The van der Waals surface area contributed by atoms with Gasteiger partial charge in [-0.3, -0.25) is 0 Å². The first-order valence-electron chi connectivity index (χ1n) is 6.78. The normalized spacial score (nSPS) is 18.6. The molecule has 0 nitrogen and oxygen atoms in total. The maximum atomic E-state index is 3.79. The molecule has 4 rings (SSSR count). The third kappa shape index (κ3) is 1.56. The number of benzene rings is 2. The lowest BCUT2D eigenvalue weighted by atomic mass is 9.77. The van der Waals surface area contributed by atoms with Crippen molar-refractivity contribution in [2.24, 2.45) is 0 Å². The van der Waals surface area contributed by atoms with Gasteiger partial charge in [0.25, 0.3) is 0 Å². The van der Waals surface area contributed by atoms with Crippen molar-refractivity contribution >= 4 is 31.9 Å². The summed E-state index contributed by atoms with van der Waals surface area (Å²) in [7, 11) is 0. The summed E-state index contributed by atoms with van der Waals surface area (Å²) in [5, 5.41) is 0. The summed E-state index contributed by atoms with van der Waals surface area (Å²) in [5.74, 6) is 0. The van der Waals surface area contributed by atoms with E-state index >= 15 is 0 Å². The highest BCUT2D eigenvalue weighted by molar-refractivity contribution is 9.10. The highest BCUT2D eigenvalue weighted by Gasteiger charge is 2.46. The van der Waals surface area contributed by atoms with Gasteiger partial charge >= 0.3 is 0 Å². The molecule has 0 N–H and O–H groups in total. The topological polar surface area (TPSA) is 0 Å². The molecule has 2 aromatic carbocycles. The fourth-order valence-electron chi connectivity index (χ4n) is 4.07. The molecule has 96 valence electrons. The van der Waals surface area contributed by atoms with Crippen molar-refractivity contribution in [3.63, 3.8) is 0 Å². The molecule has 0 heterocycles. The van der Waals surface area contributed by atoms with Gasteiger partial charge in [-0.2, -0.15) is 0 Å². The van der Waals surface area contributed by atoms with Gasteiger partial charge in [-0.25, -0.2) is 0 Å². The first-order valence-corrected chi connectivity index (χ1v) is 8.37. The first kappa shape index (κ1) is 12.2. The van der Waals surface area contributed by atoms with Gasteiger partial charge in [0.2, 0.25) is 0 Å². The van der Waals surface area contributed by atoms with Crippen LogP contribution in [0.25, 0.3) is 0 Å². The van der Waals surface area contributed by atoms with Gasteiger partial charge in [-0.05, 0) is 60.1 Å². The number of fused-ring (bicyclic) bond motifs is 4. The Balaban J connectivity index is 2.03. The van der Waals surface area contributed by atoms with Crippen molar-refractivity contribution in [3.8, 4) is 0 Å². The molecule has 0 aromatic heterocycles. The molecule has 0 saturated carbocycles. The second-order valence-corrected chi connectivity index (χ2v) is 7.34. The maximum Gasteiger partial charge on any atom is 0.0237 e. The smallest absolute Gasteiger partial charge is 0.0237 e. The van der Waals surface area contributed by atoms with Crippen LogP contribution < -0.4 is 0 Å². The van der Waals surface area contributed by atoms with Gasteiger partial charge in [0.15, 0.2) is 0 Å². The van der Waals surface area contributed by atoms with E-state index in [4.69, 9.17) is 0 Å². The summed E-state index contributed by atoms with van der Waals surface area (Å²) in [6.45, 7) is 0. The molecule has 2 aliphatic rings. The van der Waals surface area contributed by atoms with Gasteiger partial charge in [-0.15, -0.1) is 0 Å². The standard InChI is InChI=1S/C17H14Br2/c18-13-5-1-3-11-7-9-17(15(11)13)10-8-12-4-2-6-14(19)16(12)17/h1-6H,7-10H2. The lowest BCUT2D eigenvalue weighted by molar-refractivity contribution is 0.504. The molecular formula is C17H14Br2. The Morgan fingerprint density at radius 3 is 1.68 bits per heavy atom. The van der Waals surface area contributed by atoms with Crippen LogP contribution in [-0.2, 0) is 18.3 Å². The number of halogens is 2. The molecule has 0 fully saturated rings. The van der Waals surface area contributed by atoms with Crippen molar-refractivity contribution < 1.29 is 0 Å². The predicted molar refractivity (Wildman–Crippen MR) is 85.7 cm³/mol. The molecule has 0 saturated heterocycles. The Morgan fingerprint density at radius 1 is 0.737 bits per heavy atom. The van der Waals surface area contributed by atoms with Crippen molar-refractivity contribution in [1.82, 2.24) is 0 Å². The molecule has 2 heteroatoms. The van der Waals surface area contributed by atoms with E-state index in [1.165, 1.54) is 45.8 Å². The molecule has 0 aliphatic heterocycles. The minimum Gasteiger partial charge on any atom is -0.0609 e. The second kappa shape index (κ2) is 4.20. The van der Waals surface area contributed by atoms with Crippen LogP contribution in [-0.4, -0.2) is 0 Å². The fraction of sp³-hybridized carbons (Fsp3) is 0.294. The quantitative estimate of drug-likeness (QED) is 0.577. The van der Waals surface area contributed by atoms with Crippen LogP contribution in [0.2, 0.25) is 0 Å². The third-order valence-corrected chi connectivity index (χ3v) is 6.12. The Bertz CT molecular complexity index is 613. The van der Waals surface area contributed by atoms with Crippen LogP contribution in [0.1, 0.15) is 35.1 Å². The van der Waals surface area contributed by atoms with Crippen molar-refractivity contribution in [2.75, 3.05) is 0 Å². The van der Waals surface area contributed by atoms with Crippen LogP contribution >= 0.6 is 31.9 Å². The summed E-state index contributed by atoms with van der Waals surface area (Å²) in [4.78, 5) is 0. The molecule has 19 heavy (non-hydrogen) atoms. The van der Waals surface area contributed by atoms with E-state index in [-0.39, 0.29) is 5.41 Å². The van der Waals surface area contributed by atoms with Crippen molar-refractivity contribution in [3.05, 3.63) is 67.6 Å². The van der Waals surface area contributed by atoms with E-state index in [0.29, 0.717) is 0 Å². The van der Waals surface area contributed by atoms with Gasteiger partial charge in [0.1, 0.15) is 0 Å². The minimum atomic E-state index is 0.241. The summed E-state index contributed by atoms with van der Waals surface area (Å²) >= 11 is 7.59. The Morgan fingerprint density at radius 2 is 1.21 bits per heavy atom. The summed E-state index contributed by atoms with van der Waals surface area (Å²) < 4.78 is 2.57. The van der Waals surface area contributed by atoms with Gasteiger partial charge in [0.05, 0.1) is 0 Å². The molecule has 2 aromatic rings. The monoisotopic (exact) mass is 376 g/mol. The SMILES string of the molecule is Brc1cccc2c1C1(CC2)CCc2cccc(Br)c21. The van der Waals surface area contributed by atoms with E-state index in [1.54, 1.807) is 11.1 Å². The Hall–Kier alpha value is -0.600. The lowest BCUT2D eigenvalue weighted by Gasteiger charge is -2.28. The average molecular weight is 378 g/mol. The second-order valence-electron chi connectivity index (χ2n) is 5.63. The summed E-state index contributed by atoms with van der Waals surface area (Å²) in [6, 6.07) is 13.3. The maximum absolute atomic E-state index is 3.79. The third-order valence-electron chi connectivity index (χ3n) is 4.80. The van der Waals surface area contributed by atoms with Gasteiger partial charge in [0, 0.05) is 14.4 Å². The highest BCUT2D eigenvalue weighted by Crippen LogP contribution is 2.55. The van der Waals surface area contributed by atoms with E-state index in [0.717, 1.165) is 0 Å². The van der Waals surface area contributed by atoms with E-state index in [1.807, 2.05) is 0 Å². The van der Waals surface area contributed by atoms with Crippen LogP contribution in [0.3, 0.4) is 0 Å². The molecule has 0 atom stereocenters. The zero-order valence-corrected chi connectivity index (χ0v) is 13.7. The molecule has 1 spiro atoms. The zero-order valence-electron chi connectivity index (χ0n) is 10.5. The molecule has 0 unspecified atom stereocenters. The van der Waals surface area contributed by atoms with E-state index in [9.17, 15) is 0 Å². The van der Waals surface area contributed by atoms with Crippen LogP contribution in [0, 0.1) is 0 Å². The Kier molecular flexibility index (Phi) is 2.69. The predicted octanol–water partition coefficient (Wildman–Crippen LogP) is 5.39. The first-order chi connectivity index (χ1) is 9.22. The molecule has 0 radical (unpaired) electrons. The van der Waals surface area contributed by atoms with E-state index in [2.05, 4.69) is 68.3 Å². The van der Waals surface area contributed by atoms with Crippen LogP contribution in [0.5, 0.6) is 0 Å². The average Bonchev–Trinajstić information content (AvgIpc) is 2.96. The molecule has 0 bridgehead atoms. The van der Waals surface area contributed by atoms with Crippen LogP contribution in [0.4, 0.5) is 0 Å². The van der Waals surface area contributed by atoms with E-state index < -0.39 is 0 Å².